The van der Waals surface area contributed by atoms with Crippen LogP contribution in [0.1, 0.15) is 43.2 Å². The van der Waals surface area contributed by atoms with Crippen LogP contribution < -0.4 is 5.32 Å². The van der Waals surface area contributed by atoms with Crippen LogP contribution in [0, 0.1) is 6.92 Å². The van der Waals surface area contributed by atoms with Crippen LogP contribution in [0.15, 0.2) is 36.5 Å². The average Bonchev–Trinajstić information content (AvgIpc) is 2.81. The Morgan fingerprint density at radius 2 is 1.95 bits per heavy atom. The van der Waals surface area contributed by atoms with Gasteiger partial charge in [0, 0.05) is 5.54 Å². The lowest BCUT2D eigenvalue weighted by atomic mass is 10.0. The lowest BCUT2D eigenvalue weighted by Gasteiger charge is -2.24. The van der Waals surface area contributed by atoms with Gasteiger partial charge in [-0.1, -0.05) is 25.1 Å². The summed E-state index contributed by atoms with van der Waals surface area (Å²) in [4.78, 5) is 12.3. The number of nitrogens with zero attached hydrogens (tertiary/aromatic N) is 2. The third-order valence-corrected chi connectivity index (χ3v) is 3.59. The molecule has 4 heteroatoms. The number of aromatic nitrogens is 2. The summed E-state index contributed by atoms with van der Waals surface area (Å²) in [5, 5.41) is 7.35. The first-order valence-electron chi connectivity index (χ1n) is 6.87. The monoisotopic (exact) mass is 271 g/mol. The maximum Gasteiger partial charge on any atom is 0.255 e. The van der Waals surface area contributed by atoms with Crippen LogP contribution in [0.4, 0.5) is 0 Å². The number of carbonyl (C=O) groups excluding carboxylic acids is 1. The largest absolute Gasteiger partial charge is 0.347 e. The Balaban J connectivity index is 2.28. The molecule has 0 aliphatic carbocycles. The average molecular weight is 271 g/mol. The van der Waals surface area contributed by atoms with Crippen LogP contribution in [0.25, 0.3) is 5.69 Å². The van der Waals surface area contributed by atoms with Gasteiger partial charge in [-0.25, -0.2) is 4.68 Å². The molecule has 2 aromatic rings. The van der Waals surface area contributed by atoms with Gasteiger partial charge in [-0.15, -0.1) is 0 Å². The van der Waals surface area contributed by atoms with Crippen molar-refractivity contribution in [3.8, 4) is 5.69 Å². The van der Waals surface area contributed by atoms with Crippen LogP contribution in [0.2, 0.25) is 0 Å². The molecular formula is C16H21N3O. The predicted octanol–water partition coefficient (Wildman–Crippen LogP) is 3.10. The first-order valence-corrected chi connectivity index (χ1v) is 6.87. The highest BCUT2D eigenvalue weighted by Gasteiger charge is 2.22. The topological polar surface area (TPSA) is 46.9 Å². The molecule has 0 bridgehead atoms. The fraction of sp³-hybridized carbons (Fsp3) is 0.375. The smallest absolute Gasteiger partial charge is 0.255 e. The van der Waals surface area contributed by atoms with E-state index in [2.05, 4.69) is 17.3 Å². The molecule has 1 aromatic heterocycles. The number of hydrogen-bond donors (Lipinski definition) is 1. The number of benzene rings is 1. The Kier molecular flexibility index (Phi) is 3.93. The number of amides is 1. The zero-order valence-electron chi connectivity index (χ0n) is 12.5. The number of hydrogen-bond acceptors (Lipinski definition) is 2. The summed E-state index contributed by atoms with van der Waals surface area (Å²) in [6.45, 7) is 8.00. The van der Waals surface area contributed by atoms with Gasteiger partial charge in [0.05, 0.1) is 23.1 Å². The summed E-state index contributed by atoms with van der Waals surface area (Å²) < 4.78 is 1.79. The van der Waals surface area contributed by atoms with Gasteiger partial charge in [0.2, 0.25) is 0 Å². The van der Waals surface area contributed by atoms with E-state index in [4.69, 9.17) is 0 Å². The Morgan fingerprint density at radius 3 is 2.55 bits per heavy atom. The van der Waals surface area contributed by atoms with Crippen LogP contribution in [0.3, 0.4) is 0 Å². The predicted molar refractivity (Wildman–Crippen MR) is 80.1 cm³/mol. The Morgan fingerprint density at radius 1 is 1.30 bits per heavy atom. The zero-order valence-corrected chi connectivity index (χ0v) is 12.5. The molecule has 0 saturated heterocycles. The van der Waals surface area contributed by atoms with Crippen LogP contribution in [0.5, 0.6) is 0 Å². The van der Waals surface area contributed by atoms with Crippen LogP contribution in [-0.2, 0) is 0 Å². The van der Waals surface area contributed by atoms with E-state index in [9.17, 15) is 4.79 Å². The molecule has 0 aliphatic heterocycles. The van der Waals surface area contributed by atoms with E-state index in [1.807, 2.05) is 51.1 Å². The molecule has 0 spiro atoms. The van der Waals surface area contributed by atoms with Crippen LogP contribution in [-0.4, -0.2) is 21.2 Å². The second-order valence-corrected chi connectivity index (χ2v) is 5.58. The summed E-state index contributed by atoms with van der Waals surface area (Å²) >= 11 is 0. The van der Waals surface area contributed by atoms with E-state index < -0.39 is 0 Å². The van der Waals surface area contributed by atoms with E-state index in [0.29, 0.717) is 5.56 Å². The maximum absolute atomic E-state index is 12.3. The number of rotatable bonds is 4. The Hall–Kier alpha value is -2.10. The van der Waals surface area contributed by atoms with Gasteiger partial charge in [-0.05, 0) is 39.3 Å². The van der Waals surface area contributed by atoms with Gasteiger partial charge in [0.15, 0.2) is 0 Å². The van der Waals surface area contributed by atoms with E-state index in [1.165, 1.54) is 0 Å². The molecule has 0 radical (unpaired) electrons. The standard InChI is InChI=1S/C16H21N3O/c1-5-16(3,4)18-15(20)14-11-17-19(12(14)2)13-9-7-6-8-10-13/h6-11H,5H2,1-4H3,(H,18,20). The second kappa shape index (κ2) is 5.49. The number of para-hydroxylation sites is 1. The zero-order chi connectivity index (χ0) is 14.8. The van der Waals surface area contributed by atoms with Gasteiger partial charge in [-0.3, -0.25) is 4.79 Å². The Labute approximate surface area is 119 Å². The molecule has 1 aromatic carbocycles. The van der Waals surface area contributed by atoms with Crippen molar-refractivity contribution in [1.29, 1.82) is 0 Å². The summed E-state index contributed by atoms with van der Waals surface area (Å²) in [6, 6.07) is 9.81. The van der Waals surface area contributed by atoms with Gasteiger partial charge in [-0.2, -0.15) is 5.10 Å². The Bertz CT molecular complexity index is 599. The van der Waals surface area contributed by atoms with Crippen molar-refractivity contribution >= 4 is 5.91 Å². The van der Waals surface area contributed by atoms with Crippen molar-refractivity contribution in [3.05, 3.63) is 47.8 Å². The molecule has 0 fully saturated rings. The molecule has 2 rings (SSSR count). The highest BCUT2D eigenvalue weighted by atomic mass is 16.1. The molecule has 1 amide bonds. The third kappa shape index (κ3) is 2.90. The van der Waals surface area contributed by atoms with E-state index >= 15 is 0 Å². The number of nitrogens with one attached hydrogen (secondary N) is 1. The van der Waals surface area contributed by atoms with Crippen LogP contribution >= 0.6 is 0 Å². The summed E-state index contributed by atoms with van der Waals surface area (Å²) in [5.74, 6) is -0.0727. The van der Waals surface area contributed by atoms with Crippen molar-refractivity contribution in [2.24, 2.45) is 0 Å². The van der Waals surface area contributed by atoms with Gasteiger partial charge < -0.3 is 5.32 Å². The molecule has 0 unspecified atom stereocenters. The maximum atomic E-state index is 12.3. The molecule has 106 valence electrons. The molecule has 1 heterocycles. The summed E-state index contributed by atoms with van der Waals surface area (Å²) in [7, 11) is 0. The first-order chi connectivity index (χ1) is 9.44. The van der Waals surface area contributed by atoms with Crippen molar-refractivity contribution in [2.75, 3.05) is 0 Å². The normalized spacial score (nSPS) is 11.4. The molecular weight excluding hydrogens is 250 g/mol. The highest BCUT2D eigenvalue weighted by molar-refractivity contribution is 5.95. The van der Waals surface area contributed by atoms with Gasteiger partial charge in [0.1, 0.15) is 0 Å². The lowest BCUT2D eigenvalue weighted by molar-refractivity contribution is 0.0910. The van der Waals surface area contributed by atoms with Gasteiger partial charge in [0.25, 0.3) is 5.91 Å². The molecule has 0 saturated carbocycles. The van der Waals surface area contributed by atoms with Crippen molar-refractivity contribution in [1.82, 2.24) is 15.1 Å². The fourth-order valence-corrected chi connectivity index (χ4v) is 1.93. The third-order valence-electron chi connectivity index (χ3n) is 3.59. The quantitative estimate of drug-likeness (QED) is 0.928. The molecule has 0 atom stereocenters. The van der Waals surface area contributed by atoms with E-state index in [1.54, 1.807) is 10.9 Å². The minimum atomic E-state index is -0.210. The van der Waals surface area contributed by atoms with Crippen molar-refractivity contribution < 1.29 is 4.79 Å². The summed E-state index contributed by atoms with van der Waals surface area (Å²) in [5.41, 5.74) is 2.22. The van der Waals surface area contributed by atoms with E-state index in [-0.39, 0.29) is 11.4 Å². The van der Waals surface area contributed by atoms with Crippen molar-refractivity contribution in [2.45, 2.75) is 39.7 Å². The number of carbonyl (C=O) groups is 1. The summed E-state index contributed by atoms with van der Waals surface area (Å²) in [6.07, 6.45) is 2.51. The van der Waals surface area contributed by atoms with E-state index in [0.717, 1.165) is 17.8 Å². The SMILES string of the molecule is CCC(C)(C)NC(=O)c1cnn(-c2ccccc2)c1C. The fourth-order valence-electron chi connectivity index (χ4n) is 1.93. The molecule has 4 nitrogen and oxygen atoms in total. The molecule has 0 aliphatic rings. The minimum Gasteiger partial charge on any atom is -0.347 e. The first kappa shape index (κ1) is 14.3. The second-order valence-electron chi connectivity index (χ2n) is 5.58. The lowest BCUT2D eigenvalue weighted by Crippen LogP contribution is -2.42. The molecule has 1 N–H and O–H groups in total. The minimum absolute atomic E-state index is 0.0727. The molecule has 20 heavy (non-hydrogen) atoms. The highest BCUT2D eigenvalue weighted by Crippen LogP contribution is 2.15. The van der Waals surface area contributed by atoms with Gasteiger partial charge >= 0.3 is 0 Å². The van der Waals surface area contributed by atoms with Crippen molar-refractivity contribution in [3.63, 3.8) is 0 Å².